The van der Waals surface area contributed by atoms with Crippen LogP contribution in [0.4, 0.5) is 0 Å². The number of rotatable bonds is 3. The zero-order chi connectivity index (χ0) is 11.7. The highest BCUT2D eigenvalue weighted by molar-refractivity contribution is 9.10. The lowest BCUT2D eigenvalue weighted by Crippen LogP contribution is -2.38. The van der Waals surface area contributed by atoms with Crippen LogP contribution in [0.3, 0.4) is 0 Å². The predicted molar refractivity (Wildman–Crippen MR) is 71.8 cm³/mol. The molecular weight excluding hydrogens is 278 g/mol. The predicted octanol–water partition coefficient (Wildman–Crippen LogP) is 2.17. The molecular formula is C13H18BrN3. The standard InChI is InChI=1S/C13H18BrN3/c14-10-3-4-11(15-8-10)9-16-12-5-7-17-6-1-2-13(12)17/h3-4,8,12-13,16H,1-2,5-7,9H2. The summed E-state index contributed by atoms with van der Waals surface area (Å²) in [5.74, 6) is 0. The molecule has 1 aromatic heterocycles. The van der Waals surface area contributed by atoms with Crippen LogP contribution in [0.5, 0.6) is 0 Å². The number of hydrogen-bond acceptors (Lipinski definition) is 3. The average molecular weight is 296 g/mol. The van der Waals surface area contributed by atoms with E-state index in [0.717, 1.165) is 22.8 Å². The second kappa shape index (κ2) is 5.04. The first-order valence-corrected chi connectivity index (χ1v) is 7.20. The van der Waals surface area contributed by atoms with Crippen molar-refractivity contribution in [3.63, 3.8) is 0 Å². The van der Waals surface area contributed by atoms with E-state index in [4.69, 9.17) is 0 Å². The van der Waals surface area contributed by atoms with Gasteiger partial charge in [-0.15, -0.1) is 0 Å². The van der Waals surface area contributed by atoms with Gasteiger partial charge in [0.2, 0.25) is 0 Å². The number of hydrogen-bond donors (Lipinski definition) is 1. The monoisotopic (exact) mass is 295 g/mol. The summed E-state index contributed by atoms with van der Waals surface area (Å²) in [6, 6.07) is 5.59. The van der Waals surface area contributed by atoms with E-state index < -0.39 is 0 Å². The summed E-state index contributed by atoms with van der Waals surface area (Å²) in [4.78, 5) is 7.03. The molecule has 3 nitrogen and oxygen atoms in total. The Morgan fingerprint density at radius 2 is 2.29 bits per heavy atom. The normalized spacial score (nSPS) is 28.5. The molecule has 2 saturated heterocycles. The number of aromatic nitrogens is 1. The molecule has 2 aliphatic rings. The molecule has 0 spiro atoms. The van der Waals surface area contributed by atoms with Crippen molar-refractivity contribution >= 4 is 15.9 Å². The summed E-state index contributed by atoms with van der Waals surface area (Å²) in [5, 5.41) is 3.67. The number of nitrogens with one attached hydrogen (secondary N) is 1. The van der Waals surface area contributed by atoms with Gasteiger partial charge in [0.25, 0.3) is 0 Å². The van der Waals surface area contributed by atoms with Gasteiger partial charge in [0.15, 0.2) is 0 Å². The van der Waals surface area contributed by atoms with Crippen LogP contribution in [0.2, 0.25) is 0 Å². The maximum Gasteiger partial charge on any atom is 0.0542 e. The molecule has 1 N–H and O–H groups in total. The summed E-state index contributed by atoms with van der Waals surface area (Å²) in [6.07, 6.45) is 5.90. The minimum absolute atomic E-state index is 0.669. The van der Waals surface area contributed by atoms with E-state index in [1.807, 2.05) is 6.20 Å². The number of pyridine rings is 1. The zero-order valence-electron chi connectivity index (χ0n) is 9.90. The van der Waals surface area contributed by atoms with Gasteiger partial charge in [-0.25, -0.2) is 0 Å². The fourth-order valence-corrected chi connectivity index (χ4v) is 3.30. The highest BCUT2D eigenvalue weighted by Crippen LogP contribution is 2.27. The first kappa shape index (κ1) is 11.6. The van der Waals surface area contributed by atoms with Crippen LogP contribution in [0.25, 0.3) is 0 Å². The molecule has 0 aliphatic carbocycles. The Kier molecular flexibility index (Phi) is 3.45. The Hall–Kier alpha value is -0.450. The lowest BCUT2D eigenvalue weighted by Gasteiger charge is -2.21. The van der Waals surface area contributed by atoms with Crippen LogP contribution < -0.4 is 5.32 Å². The van der Waals surface area contributed by atoms with Crippen LogP contribution in [0.15, 0.2) is 22.8 Å². The quantitative estimate of drug-likeness (QED) is 0.926. The van der Waals surface area contributed by atoms with E-state index in [-0.39, 0.29) is 0 Å². The first-order chi connectivity index (χ1) is 8.33. The average Bonchev–Trinajstić information content (AvgIpc) is 2.91. The Labute approximate surface area is 111 Å². The van der Waals surface area contributed by atoms with Gasteiger partial charge in [-0.2, -0.15) is 0 Å². The molecule has 4 heteroatoms. The van der Waals surface area contributed by atoms with Crippen molar-refractivity contribution in [2.75, 3.05) is 13.1 Å². The number of halogens is 1. The third-order valence-corrected chi connectivity index (χ3v) is 4.41. The molecule has 1 aromatic rings. The van der Waals surface area contributed by atoms with Crippen molar-refractivity contribution in [3.05, 3.63) is 28.5 Å². The second-order valence-corrected chi connectivity index (χ2v) is 5.91. The molecule has 2 unspecified atom stereocenters. The Balaban J connectivity index is 1.56. The molecule has 3 rings (SSSR count). The van der Waals surface area contributed by atoms with Gasteiger partial charge in [-0.1, -0.05) is 0 Å². The third-order valence-electron chi connectivity index (χ3n) is 3.94. The fraction of sp³-hybridized carbons (Fsp3) is 0.615. The van der Waals surface area contributed by atoms with Crippen LogP contribution in [0.1, 0.15) is 25.0 Å². The van der Waals surface area contributed by atoms with Gasteiger partial charge in [0, 0.05) is 35.8 Å². The van der Waals surface area contributed by atoms with Crippen LogP contribution >= 0.6 is 15.9 Å². The Morgan fingerprint density at radius 1 is 1.35 bits per heavy atom. The van der Waals surface area contributed by atoms with Crippen LogP contribution in [0, 0.1) is 0 Å². The van der Waals surface area contributed by atoms with Crippen LogP contribution in [-0.4, -0.2) is 35.1 Å². The molecule has 2 atom stereocenters. The molecule has 92 valence electrons. The van der Waals surface area contributed by atoms with Crippen molar-refractivity contribution in [2.24, 2.45) is 0 Å². The molecule has 2 aliphatic heterocycles. The van der Waals surface area contributed by atoms with Gasteiger partial charge in [-0.3, -0.25) is 9.88 Å². The van der Waals surface area contributed by atoms with Crippen molar-refractivity contribution in [1.82, 2.24) is 15.2 Å². The maximum atomic E-state index is 4.40. The summed E-state index contributed by atoms with van der Waals surface area (Å²) >= 11 is 3.41. The largest absolute Gasteiger partial charge is 0.307 e. The fourth-order valence-electron chi connectivity index (χ4n) is 3.07. The van der Waals surface area contributed by atoms with Gasteiger partial charge >= 0.3 is 0 Å². The minimum Gasteiger partial charge on any atom is -0.307 e. The highest BCUT2D eigenvalue weighted by atomic mass is 79.9. The summed E-state index contributed by atoms with van der Waals surface area (Å²) in [7, 11) is 0. The Bertz CT molecular complexity index is 379. The number of fused-ring (bicyclic) bond motifs is 1. The van der Waals surface area contributed by atoms with Crippen LogP contribution in [-0.2, 0) is 6.54 Å². The highest BCUT2D eigenvalue weighted by Gasteiger charge is 2.36. The topological polar surface area (TPSA) is 28.2 Å². The van der Waals surface area contributed by atoms with E-state index >= 15 is 0 Å². The third kappa shape index (κ3) is 2.54. The molecule has 0 aromatic carbocycles. The molecule has 17 heavy (non-hydrogen) atoms. The van der Waals surface area contributed by atoms with E-state index in [0.29, 0.717) is 6.04 Å². The van der Waals surface area contributed by atoms with E-state index in [1.165, 1.54) is 32.4 Å². The summed E-state index contributed by atoms with van der Waals surface area (Å²) < 4.78 is 1.05. The first-order valence-electron chi connectivity index (χ1n) is 6.41. The molecule has 2 fully saturated rings. The van der Waals surface area contributed by atoms with Gasteiger partial charge in [0.05, 0.1) is 5.69 Å². The molecule has 0 saturated carbocycles. The number of nitrogens with zero attached hydrogens (tertiary/aromatic N) is 2. The van der Waals surface area contributed by atoms with E-state index in [2.05, 4.69) is 43.3 Å². The molecule has 0 bridgehead atoms. The summed E-state index contributed by atoms with van der Waals surface area (Å²) in [6.45, 7) is 3.47. The van der Waals surface area contributed by atoms with Crippen molar-refractivity contribution < 1.29 is 0 Å². The van der Waals surface area contributed by atoms with E-state index in [1.54, 1.807) is 0 Å². The Morgan fingerprint density at radius 3 is 3.12 bits per heavy atom. The van der Waals surface area contributed by atoms with Crippen molar-refractivity contribution in [1.29, 1.82) is 0 Å². The van der Waals surface area contributed by atoms with E-state index in [9.17, 15) is 0 Å². The summed E-state index contributed by atoms with van der Waals surface area (Å²) in [5.41, 5.74) is 1.13. The van der Waals surface area contributed by atoms with Gasteiger partial charge in [-0.05, 0) is 53.9 Å². The van der Waals surface area contributed by atoms with Gasteiger partial charge < -0.3 is 5.32 Å². The lowest BCUT2D eigenvalue weighted by molar-refractivity contribution is 0.298. The van der Waals surface area contributed by atoms with Crippen molar-refractivity contribution in [3.8, 4) is 0 Å². The van der Waals surface area contributed by atoms with Gasteiger partial charge in [0.1, 0.15) is 0 Å². The molecule has 0 radical (unpaired) electrons. The lowest BCUT2D eigenvalue weighted by atomic mass is 10.1. The zero-order valence-corrected chi connectivity index (χ0v) is 11.5. The smallest absolute Gasteiger partial charge is 0.0542 e. The minimum atomic E-state index is 0.669. The molecule has 3 heterocycles. The SMILES string of the molecule is Brc1ccc(CNC2CCN3CCCC23)nc1. The second-order valence-electron chi connectivity index (χ2n) is 4.99. The maximum absolute atomic E-state index is 4.40. The van der Waals surface area contributed by atoms with Crippen molar-refractivity contribution in [2.45, 2.75) is 37.9 Å². The molecule has 0 amide bonds.